The highest BCUT2D eigenvalue weighted by Gasteiger charge is 2.30. The Balaban J connectivity index is 1.07. The fourth-order valence-corrected chi connectivity index (χ4v) is 13.3. The second-order valence-corrected chi connectivity index (χ2v) is 27.2. The van der Waals surface area contributed by atoms with Gasteiger partial charge < -0.3 is 9.15 Å². The van der Waals surface area contributed by atoms with Gasteiger partial charge in [0.15, 0.2) is 0 Å². The molecular formula is C86H72N4O2. The Morgan fingerprint density at radius 3 is 1.78 bits per heavy atom. The van der Waals surface area contributed by atoms with Gasteiger partial charge in [-0.25, -0.2) is 4.98 Å². The predicted octanol–water partition coefficient (Wildman–Crippen LogP) is 22.7. The van der Waals surface area contributed by atoms with Crippen molar-refractivity contribution in [1.82, 2.24) is 14.1 Å². The summed E-state index contributed by atoms with van der Waals surface area (Å²) >= 11 is 0. The molecule has 6 nitrogen and oxygen atoms in total. The van der Waals surface area contributed by atoms with E-state index in [2.05, 4.69) is 110 Å². The Labute approximate surface area is 558 Å². The van der Waals surface area contributed by atoms with Crippen molar-refractivity contribution in [3.8, 4) is 95.5 Å². The molecule has 16 rings (SSSR count). The number of nitrogens with zero attached hydrogens (tertiary/aromatic N) is 4. The Morgan fingerprint density at radius 2 is 1.07 bits per heavy atom. The van der Waals surface area contributed by atoms with Gasteiger partial charge in [-0.2, -0.15) is 0 Å². The summed E-state index contributed by atoms with van der Waals surface area (Å²) in [5.41, 5.74) is 7.54. The largest absolute Gasteiger partial charge is 0.458 e. The molecule has 0 unspecified atom stereocenters. The molecule has 448 valence electrons. The van der Waals surface area contributed by atoms with E-state index in [0.717, 1.165) is 55.3 Å². The van der Waals surface area contributed by atoms with E-state index in [1.54, 1.807) is 22.8 Å². The number of benzene rings is 11. The van der Waals surface area contributed by atoms with Gasteiger partial charge in [-0.3, -0.25) is 13.7 Å². The van der Waals surface area contributed by atoms with Crippen LogP contribution in [-0.4, -0.2) is 14.1 Å². The molecule has 6 heteroatoms. The summed E-state index contributed by atoms with van der Waals surface area (Å²) < 4.78 is 153. The molecular weight excluding hydrogens is 1120 g/mol. The smallest absolute Gasteiger partial charge is 0.269 e. The van der Waals surface area contributed by atoms with Crippen LogP contribution in [0.4, 0.5) is 0 Å². The van der Waals surface area contributed by atoms with Crippen LogP contribution in [0.5, 0.6) is 11.5 Å². The number of fused-ring (bicyclic) bond motifs is 13. The molecule has 1 aliphatic heterocycles. The molecule has 0 N–H and O–H groups in total. The highest BCUT2D eigenvalue weighted by Crippen LogP contribution is 2.49. The Bertz CT molecular complexity index is 6210. The maximum Gasteiger partial charge on any atom is 0.269 e. The van der Waals surface area contributed by atoms with Crippen LogP contribution >= 0.6 is 0 Å². The van der Waals surface area contributed by atoms with Crippen molar-refractivity contribution in [1.29, 1.82) is 0 Å². The molecule has 0 aliphatic carbocycles. The van der Waals surface area contributed by atoms with Gasteiger partial charge in [0, 0.05) is 42.0 Å². The Morgan fingerprint density at radius 1 is 0.457 bits per heavy atom. The molecule has 92 heavy (non-hydrogen) atoms. The van der Waals surface area contributed by atoms with Gasteiger partial charge in [0.25, 0.3) is 6.33 Å². The number of pyridine rings is 1. The van der Waals surface area contributed by atoms with E-state index in [0.29, 0.717) is 61.5 Å². The first kappa shape index (κ1) is 43.2. The van der Waals surface area contributed by atoms with Crippen molar-refractivity contribution in [2.75, 3.05) is 0 Å². The Hall–Kier alpha value is -10.6. The molecule has 0 atom stereocenters. The minimum Gasteiger partial charge on any atom is -0.458 e. The van der Waals surface area contributed by atoms with Gasteiger partial charge in [-0.1, -0.05) is 202 Å². The number of imidazole rings is 1. The first-order chi connectivity index (χ1) is 50.0. The second kappa shape index (κ2) is 21.0. The van der Waals surface area contributed by atoms with E-state index in [4.69, 9.17) is 22.4 Å². The fourth-order valence-electron chi connectivity index (χ4n) is 13.3. The van der Waals surface area contributed by atoms with Crippen LogP contribution in [0.1, 0.15) is 109 Å². The van der Waals surface area contributed by atoms with Crippen LogP contribution in [0.25, 0.3) is 139 Å². The second-order valence-electron chi connectivity index (χ2n) is 27.2. The fraction of sp³-hybridized carbons (Fsp3) is 0.163. The lowest BCUT2D eigenvalue weighted by atomic mass is 9.78. The molecule has 5 heterocycles. The number of aryl methyl sites for hydroxylation is 2. The SMILES string of the molecule is [2H]c1c([2H])c([2H])c2c(c1[2H])-c1cc(-c3c(C([2H])([2H])[2H])cccc3C([2H])([2H])[2H])cc(-c3ccc4oc5ccccc5c4c3)c1-[n+]1[c-]n(-c3cccc(Oc4ccc5c6ccccc6n(-c6cc(C(C)(C)C)ccn6)c5c4)c3)c3cc(-c4cc(C(C)(C)C)cc(C(C)(C)C)c4)cc(c31)-c1c([2H])c([2H])c([2H])c([2H])c1-2. The number of para-hydroxylation sites is 2. The van der Waals surface area contributed by atoms with E-state index in [9.17, 15) is 11.0 Å². The minimum absolute atomic E-state index is 0.0111. The molecule has 4 aromatic heterocycles. The minimum atomic E-state index is -2.92. The monoisotopic (exact) mass is 1210 g/mol. The predicted molar refractivity (Wildman–Crippen MR) is 381 cm³/mol. The normalized spacial score (nSPS) is 15.0. The summed E-state index contributed by atoms with van der Waals surface area (Å²) in [5, 5.41) is 3.47. The number of hydrogen-bond acceptors (Lipinski definition) is 3. The van der Waals surface area contributed by atoms with E-state index in [1.807, 2.05) is 120 Å². The topological polar surface area (TPSA) is 49.0 Å². The number of aromatic nitrogens is 4. The molecule has 0 amide bonds. The van der Waals surface area contributed by atoms with E-state index in [-0.39, 0.29) is 77.6 Å². The summed E-state index contributed by atoms with van der Waals surface area (Å²) in [4.78, 5) is 4.93. The summed E-state index contributed by atoms with van der Waals surface area (Å²) in [6.45, 7) is 13.6. The average molecular weight is 1210 g/mol. The third-order valence-corrected chi connectivity index (χ3v) is 18.1. The molecule has 11 aromatic carbocycles. The zero-order valence-electron chi connectivity index (χ0n) is 66.5. The van der Waals surface area contributed by atoms with Gasteiger partial charge in [0.05, 0.1) is 44.4 Å². The average Bonchev–Trinajstić information content (AvgIpc) is 1.49. The van der Waals surface area contributed by atoms with Crippen LogP contribution in [0.15, 0.2) is 241 Å². The standard InChI is InChI=1S/C86H72N4O2/c1-52-22-20-23-53(2)81(52)57-44-71(54-34-37-79-72(42-54)70-31-17-19-33-78(70)92-79)82-73(45-57)66-28-14-12-26-64(66)65-27-13-15-29-67(65)74-43-56(55-40-59(85(6,7)8)47-60(41-55)86(9,10)11)46-77-83(74)89(82)51-88(77)61-24-21-25-62(49-61)91-63-35-36-69-68-30-16-18-32-75(68)90(76(69)50-63)80-48-58(38-39-87-80)84(3,4)5/h12-50H,1-11H3/i1D3,2D3,12D,13D,14D,15D,26D,27D,28D,29D. The van der Waals surface area contributed by atoms with Gasteiger partial charge in [0.2, 0.25) is 0 Å². The van der Waals surface area contributed by atoms with Crippen molar-refractivity contribution in [3.63, 3.8) is 0 Å². The van der Waals surface area contributed by atoms with Gasteiger partial charge in [0.1, 0.15) is 28.5 Å². The van der Waals surface area contributed by atoms with Crippen LogP contribution in [0, 0.1) is 20.0 Å². The summed E-state index contributed by atoms with van der Waals surface area (Å²) in [7, 11) is 0. The summed E-state index contributed by atoms with van der Waals surface area (Å²) in [6, 6.07) is 51.7. The lowest BCUT2D eigenvalue weighted by Gasteiger charge is -2.26. The van der Waals surface area contributed by atoms with Crippen LogP contribution < -0.4 is 9.30 Å². The zero-order valence-corrected chi connectivity index (χ0v) is 52.5. The van der Waals surface area contributed by atoms with Crippen molar-refractivity contribution < 1.29 is 32.9 Å². The van der Waals surface area contributed by atoms with Crippen molar-refractivity contribution >= 4 is 54.8 Å². The third kappa shape index (κ3) is 9.45. The molecule has 1 aliphatic rings. The van der Waals surface area contributed by atoms with Crippen molar-refractivity contribution in [2.24, 2.45) is 0 Å². The van der Waals surface area contributed by atoms with Gasteiger partial charge >= 0.3 is 0 Å². The first-order valence-electron chi connectivity index (χ1n) is 38.0. The van der Waals surface area contributed by atoms with Crippen LogP contribution in [0.3, 0.4) is 0 Å². The van der Waals surface area contributed by atoms with E-state index >= 15 is 0 Å². The maximum atomic E-state index is 10.3. The number of hydrogen-bond donors (Lipinski definition) is 0. The molecule has 0 radical (unpaired) electrons. The summed E-state index contributed by atoms with van der Waals surface area (Å²) in [6.07, 6.45) is 5.63. The molecule has 0 saturated carbocycles. The number of furan rings is 1. The number of rotatable bonds is 7. The maximum absolute atomic E-state index is 10.3. The third-order valence-electron chi connectivity index (χ3n) is 18.1. The quantitative estimate of drug-likeness (QED) is 0.118. The van der Waals surface area contributed by atoms with E-state index in [1.165, 1.54) is 18.2 Å². The van der Waals surface area contributed by atoms with E-state index < -0.39 is 62.0 Å². The molecule has 0 saturated heterocycles. The lowest BCUT2D eigenvalue weighted by molar-refractivity contribution is -0.570. The van der Waals surface area contributed by atoms with Gasteiger partial charge in [-0.05, 0) is 209 Å². The molecule has 15 aromatic rings. The number of ether oxygens (including phenoxy) is 1. The Kier molecular flexibility index (Phi) is 9.87. The van der Waals surface area contributed by atoms with Crippen LogP contribution in [-0.2, 0) is 16.2 Å². The van der Waals surface area contributed by atoms with Crippen molar-refractivity contribution in [2.45, 2.75) is 92.3 Å². The van der Waals surface area contributed by atoms with Crippen molar-refractivity contribution in [3.05, 3.63) is 271 Å². The lowest BCUT2D eigenvalue weighted by Crippen LogP contribution is -2.32. The highest BCUT2D eigenvalue weighted by atomic mass is 16.5. The molecule has 0 fully saturated rings. The highest BCUT2D eigenvalue weighted by molar-refractivity contribution is 6.10. The van der Waals surface area contributed by atoms with Crippen LogP contribution in [0.2, 0.25) is 0 Å². The van der Waals surface area contributed by atoms with Gasteiger partial charge in [-0.15, -0.1) is 0 Å². The zero-order chi connectivity index (χ0) is 75.1. The molecule has 0 bridgehead atoms. The first-order valence-corrected chi connectivity index (χ1v) is 31.0. The molecule has 0 spiro atoms. The summed E-state index contributed by atoms with van der Waals surface area (Å²) in [5.74, 6) is 1.69.